The fourth-order valence-corrected chi connectivity index (χ4v) is 3.74. The summed E-state index contributed by atoms with van der Waals surface area (Å²) in [4.78, 5) is 38.2. The molecule has 4 aromatic rings. The van der Waals surface area contributed by atoms with Gasteiger partial charge in [0.25, 0.3) is 0 Å². The van der Waals surface area contributed by atoms with Gasteiger partial charge in [-0.2, -0.15) is 0 Å². The third-order valence-corrected chi connectivity index (χ3v) is 5.53. The van der Waals surface area contributed by atoms with Crippen LogP contribution in [0, 0.1) is 0 Å². The summed E-state index contributed by atoms with van der Waals surface area (Å²) < 4.78 is 14.9. The van der Waals surface area contributed by atoms with Gasteiger partial charge in [0.05, 0.1) is 24.9 Å². The summed E-state index contributed by atoms with van der Waals surface area (Å²) in [5, 5.41) is 17.7. The van der Waals surface area contributed by atoms with E-state index in [0.717, 1.165) is 0 Å². The summed E-state index contributed by atoms with van der Waals surface area (Å²) in [6.45, 7) is 1.96. The van der Waals surface area contributed by atoms with Crippen LogP contribution >= 0.6 is 0 Å². The van der Waals surface area contributed by atoms with Gasteiger partial charge in [0.1, 0.15) is 16.8 Å². The largest absolute Gasteiger partial charge is 0.497 e. The van der Waals surface area contributed by atoms with E-state index in [1.54, 1.807) is 67.6 Å². The number of benzene rings is 3. The van der Waals surface area contributed by atoms with Gasteiger partial charge in [0.15, 0.2) is 5.78 Å². The highest BCUT2D eigenvalue weighted by atomic mass is 16.6. The standard InChI is InChI=1S/C27H22N2O7/c1-3-35-27(33)18-6-4-16(5-7-18)14-21(25(30)17-8-11-20(34-2)12-9-17)24(26(31)32)19-10-13-22-23(15-19)29-36-28-22/h4-13,15H,3,14H2,1-2H3,(H,31,32). The van der Waals surface area contributed by atoms with Crippen LogP contribution in [0.4, 0.5) is 0 Å². The first-order valence-electron chi connectivity index (χ1n) is 11.0. The Labute approximate surface area is 205 Å². The van der Waals surface area contributed by atoms with Gasteiger partial charge in [0, 0.05) is 17.6 Å². The van der Waals surface area contributed by atoms with E-state index in [1.165, 1.54) is 13.2 Å². The molecule has 3 aromatic carbocycles. The molecule has 0 amide bonds. The van der Waals surface area contributed by atoms with Gasteiger partial charge in [0.2, 0.25) is 0 Å². The van der Waals surface area contributed by atoms with Crippen molar-refractivity contribution < 1.29 is 33.6 Å². The number of hydrogen-bond acceptors (Lipinski definition) is 8. The molecule has 1 N–H and O–H groups in total. The molecule has 0 saturated heterocycles. The number of Topliss-reactive ketones (excluding diaryl/α,β-unsaturated/α-hetero) is 1. The Morgan fingerprint density at radius 3 is 2.14 bits per heavy atom. The summed E-state index contributed by atoms with van der Waals surface area (Å²) in [6.07, 6.45) is 0.00467. The van der Waals surface area contributed by atoms with Crippen LogP contribution in [-0.2, 0) is 16.0 Å². The van der Waals surface area contributed by atoms with Crippen molar-refractivity contribution in [3.05, 3.63) is 94.6 Å². The molecule has 1 heterocycles. The number of aromatic nitrogens is 2. The lowest BCUT2D eigenvalue weighted by atomic mass is 9.89. The Bertz CT molecular complexity index is 1450. The Balaban J connectivity index is 1.82. The first kappa shape index (κ1) is 24.3. The number of esters is 1. The predicted molar refractivity (Wildman–Crippen MR) is 130 cm³/mol. The number of fused-ring (bicyclic) bond motifs is 1. The van der Waals surface area contributed by atoms with Crippen LogP contribution in [0.3, 0.4) is 0 Å². The Morgan fingerprint density at radius 2 is 1.50 bits per heavy atom. The fourth-order valence-electron chi connectivity index (χ4n) is 3.74. The molecule has 1 aromatic heterocycles. The number of rotatable bonds is 9. The van der Waals surface area contributed by atoms with Crippen LogP contribution in [0.15, 0.2) is 76.9 Å². The molecule has 0 aliphatic rings. The number of carbonyl (C=O) groups excluding carboxylic acids is 2. The van der Waals surface area contributed by atoms with Crippen LogP contribution in [0.25, 0.3) is 16.6 Å². The maximum absolute atomic E-state index is 13.7. The van der Waals surface area contributed by atoms with Crippen molar-refractivity contribution in [3.8, 4) is 5.75 Å². The molecular formula is C27H22N2O7. The monoisotopic (exact) mass is 486 g/mol. The SMILES string of the molecule is CCOC(=O)c1ccc(CC(C(=O)c2ccc(OC)cc2)=C(C(=O)O)c2ccc3nonc3c2)cc1. The van der Waals surface area contributed by atoms with Crippen molar-refractivity contribution in [2.45, 2.75) is 13.3 Å². The first-order chi connectivity index (χ1) is 17.4. The highest BCUT2D eigenvalue weighted by molar-refractivity contribution is 6.26. The highest BCUT2D eigenvalue weighted by Gasteiger charge is 2.24. The van der Waals surface area contributed by atoms with E-state index in [4.69, 9.17) is 14.1 Å². The number of carboxylic acids is 1. The molecule has 4 rings (SSSR count). The summed E-state index contributed by atoms with van der Waals surface area (Å²) in [5.41, 5.74) is 2.30. The number of ether oxygens (including phenoxy) is 2. The van der Waals surface area contributed by atoms with Crippen molar-refractivity contribution in [2.24, 2.45) is 0 Å². The van der Waals surface area contributed by atoms with Crippen LogP contribution in [0.2, 0.25) is 0 Å². The average Bonchev–Trinajstić information content (AvgIpc) is 3.36. The second kappa shape index (κ2) is 10.6. The summed E-state index contributed by atoms with van der Waals surface area (Å²) >= 11 is 0. The number of hydrogen-bond donors (Lipinski definition) is 1. The van der Waals surface area contributed by atoms with Crippen molar-refractivity contribution in [3.63, 3.8) is 0 Å². The predicted octanol–water partition coefficient (Wildman–Crippen LogP) is 4.37. The summed E-state index contributed by atoms with van der Waals surface area (Å²) in [7, 11) is 1.51. The van der Waals surface area contributed by atoms with E-state index in [1.807, 2.05) is 0 Å². The zero-order valence-corrected chi connectivity index (χ0v) is 19.6. The Kier molecular flexibility index (Phi) is 7.20. The summed E-state index contributed by atoms with van der Waals surface area (Å²) in [6, 6.07) is 17.6. The molecule has 0 atom stereocenters. The van der Waals surface area contributed by atoms with Crippen LogP contribution < -0.4 is 4.74 Å². The fraction of sp³-hybridized carbons (Fsp3) is 0.148. The lowest BCUT2D eigenvalue weighted by molar-refractivity contribution is -0.130. The van der Waals surface area contributed by atoms with Crippen LogP contribution in [0.5, 0.6) is 5.75 Å². The van der Waals surface area contributed by atoms with Crippen molar-refractivity contribution >= 4 is 34.3 Å². The minimum Gasteiger partial charge on any atom is -0.497 e. The van der Waals surface area contributed by atoms with E-state index in [-0.39, 0.29) is 29.7 Å². The number of ketones is 1. The second-order valence-electron chi connectivity index (χ2n) is 7.78. The molecule has 0 spiro atoms. The first-order valence-corrected chi connectivity index (χ1v) is 11.0. The zero-order chi connectivity index (χ0) is 25.7. The number of nitrogens with zero attached hydrogens (tertiary/aromatic N) is 2. The zero-order valence-electron chi connectivity index (χ0n) is 19.6. The van der Waals surface area contributed by atoms with Gasteiger partial charge in [-0.25, -0.2) is 14.2 Å². The van der Waals surface area contributed by atoms with E-state index in [0.29, 0.717) is 33.5 Å². The third kappa shape index (κ3) is 5.15. The van der Waals surface area contributed by atoms with Crippen LogP contribution in [-0.4, -0.2) is 46.9 Å². The Morgan fingerprint density at radius 1 is 0.861 bits per heavy atom. The maximum atomic E-state index is 13.7. The van der Waals surface area contributed by atoms with E-state index in [9.17, 15) is 19.5 Å². The number of carbonyl (C=O) groups is 3. The van der Waals surface area contributed by atoms with Gasteiger partial charge in [-0.05, 0) is 76.9 Å². The molecule has 36 heavy (non-hydrogen) atoms. The molecule has 9 nitrogen and oxygen atoms in total. The van der Waals surface area contributed by atoms with Crippen LogP contribution in [0.1, 0.15) is 38.8 Å². The van der Waals surface area contributed by atoms with E-state index < -0.39 is 17.7 Å². The Hall–Kier alpha value is -4.79. The molecule has 182 valence electrons. The second-order valence-corrected chi connectivity index (χ2v) is 7.78. The third-order valence-electron chi connectivity index (χ3n) is 5.53. The molecule has 0 fully saturated rings. The molecule has 0 radical (unpaired) electrons. The molecular weight excluding hydrogens is 464 g/mol. The quantitative estimate of drug-likeness (QED) is 0.208. The number of allylic oxidation sites excluding steroid dienone is 1. The smallest absolute Gasteiger partial charge is 0.338 e. The van der Waals surface area contributed by atoms with Gasteiger partial charge in [-0.1, -0.05) is 18.2 Å². The lowest BCUT2D eigenvalue weighted by Crippen LogP contribution is -2.14. The average molecular weight is 486 g/mol. The lowest BCUT2D eigenvalue weighted by Gasteiger charge is -2.14. The number of aliphatic carboxylic acids is 1. The normalized spacial score (nSPS) is 11.6. The topological polar surface area (TPSA) is 129 Å². The maximum Gasteiger partial charge on any atom is 0.338 e. The van der Waals surface area contributed by atoms with Crippen molar-refractivity contribution in [1.29, 1.82) is 0 Å². The van der Waals surface area contributed by atoms with Gasteiger partial charge >= 0.3 is 11.9 Å². The molecule has 9 heteroatoms. The van der Waals surface area contributed by atoms with E-state index in [2.05, 4.69) is 10.3 Å². The van der Waals surface area contributed by atoms with Crippen molar-refractivity contribution in [2.75, 3.05) is 13.7 Å². The minimum absolute atomic E-state index is 0.00467. The highest BCUT2D eigenvalue weighted by Crippen LogP contribution is 2.28. The van der Waals surface area contributed by atoms with Gasteiger partial charge in [-0.3, -0.25) is 4.79 Å². The minimum atomic E-state index is -1.27. The molecule has 0 saturated carbocycles. The molecule has 0 bridgehead atoms. The number of methoxy groups -OCH3 is 1. The molecule has 0 unspecified atom stereocenters. The molecule has 0 aliphatic carbocycles. The molecule has 0 aliphatic heterocycles. The van der Waals surface area contributed by atoms with E-state index >= 15 is 0 Å². The van der Waals surface area contributed by atoms with Gasteiger partial charge in [-0.15, -0.1) is 0 Å². The van der Waals surface area contributed by atoms with Gasteiger partial charge < -0.3 is 14.6 Å². The summed E-state index contributed by atoms with van der Waals surface area (Å²) in [5.74, 6) is -1.63. The number of carboxylic acid groups (broad SMARTS) is 1. The van der Waals surface area contributed by atoms with Crippen molar-refractivity contribution in [1.82, 2.24) is 10.3 Å².